The maximum Gasteiger partial charge on any atom is 0.173 e. The van der Waals surface area contributed by atoms with Crippen LogP contribution in [0, 0.1) is 10.9 Å². The van der Waals surface area contributed by atoms with Gasteiger partial charge in [0, 0.05) is 33.9 Å². The van der Waals surface area contributed by atoms with Crippen molar-refractivity contribution in [1.82, 2.24) is 4.57 Å². The van der Waals surface area contributed by atoms with Gasteiger partial charge in [-0.1, -0.05) is 47.5 Å². The van der Waals surface area contributed by atoms with Crippen LogP contribution in [0.25, 0.3) is 21.8 Å². The second-order valence-corrected chi connectivity index (χ2v) is 6.86. The molecule has 3 aromatic carbocycles. The van der Waals surface area contributed by atoms with Crippen LogP contribution in [-0.2, 0) is 6.54 Å². The number of nitrogens with zero attached hydrogens (tertiary/aromatic N) is 2. The van der Waals surface area contributed by atoms with Gasteiger partial charge in [-0.2, -0.15) is 0 Å². The van der Waals surface area contributed by atoms with Crippen molar-refractivity contribution in [2.75, 3.05) is 0 Å². The summed E-state index contributed by atoms with van der Waals surface area (Å²) in [6.45, 7) is 0.653. The van der Waals surface area contributed by atoms with Crippen LogP contribution in [0.1, 0.15) is 11.1 Å². The smallest absolute Gasteiger partial charge is 0.173 e. The molecule has 26 heavy (non-hydrogen) atoms. The van der Waals surface area contributed by atoms with Crippen molar-refractivity contribution in [3.05, 3.63) is 81.8 Å². The highest BCUT2D eigenvalue weighted by atomic mass is 35.5. The van der Waals surface area contributed by atoms with Crippen molar-refractivity contribution >= 4 is 50.8 Å². The third-order valence-corrected chi connectivity index (χ3v) is 5.22. The van der Waals surface area contributed by atoms with E-state index in [1.54, 1.807) is 0 Å². The lowest BCUT2D eigenvalue weighted by Gasteiger charge is -2.09. The molecule has 4 rings (SSSR count). The van der Waals surface area contributed by atoms with Gasteiger partial charge in [0.25, 0.3) is 0 Å². The number of nitrogens with one attached hydrogen (secondary N) is 2. The van der Waals surface area contributed by atoms with Gasteiger partial charge in [0.1, 0.15) is 0 Å². The maximum atomic E-state index is 7.80. The van der Waals surface area contributed by atoms with Crippen molar-refractivity contribution < 1.29 is 0 Å². The first-order chi connectivity index (χ1) is 12.6. The first-order valence-corrected chi connectivity index (χ1v) is 8.75. The predicted molar refractivity (Wildman–Crippen MR) is 107 cm³/mol. The van der Waals surface area contributed by atoms with Gasteiger partial charge in [0.15, 0.2) is 5.84 Å². The zero-order valence-corrected chi connectivity index (χ0v) is 15.1. The summed E-state index contributed by atoms with van der Waals surface area (Å²) < 4.78 is 2.22. The summed E-state index contributed by atoms with van der Waals surface area (Å²) in [6, 6.07) is 19.5. The van der Waals surface area contributed by atoms with E-state index in [0.717, 1.165) is 27.4 Å². The lowest BCUT2D eigenvalue weighted by molar-refractivity contribution is 0.869. The molecule has 0 aliphatic carbocycles. The van der Waals surface area contributed by atoms with E-state index < -0.39 is 0 Å². The summed E-state index contributed by atoms with van der Waals surface area (Å²) in [5.74, 6) is -0.0479. The molecular formula is C20H14Cl2N4. The lowest BCUT2D eigenvalue weighted by Crippen LogP contribution is -2.00. The van der Waals surface area contributed by atoms with Crippen molar-refractivity contribution in [3.63, 3.8) is 0 Å². The summed E-state index contributed by atoms with van der Waals surface area (Å²) in [4.78, 5) is 0. The highest BCUT2D eigenvalue weighted by Crippen LogP contribution is 2.31. The topological polar surface area (TPSA) is 65.0 Å². The number of aromatic nitrogens is 1. The van der Waals surface area contributed by atoms with E-state index >= 15 is 0 Å². The Hall–Kier alpha value is -2.69. The van der Waals surface area contributed by atoms with Gasteiger partial charge in [-0.3, -0.25) is 5.41 Å². The van der Waals surface area contributed by atoms with Crippen LogP contribution >= 0.6 is 23.2 Å². The molecule has 0 aliphatic heterocycles. The van der Waals surface area contributed by atoms with Gasteiger partial charge in [0.05, 0.1) is 10.0 Å². The van der Waals surface area contributed by atoms with Crippen LogP contribution in [0.15, 0.2) is 65.8 Å². The second kappa shape index (κ2) is 6.56. The third kappa shape index (κ3) is 2.77. The fraction of sp³-hybridized carbons (Fsp3) is 0.0500. The number of hydrogen-bond acceptors (Lipinski definition) is 2. The normalized spacial score (nSPS) is 11.2. The molecular weight excluding hydrogens is 367 g/mol. The third-order valence-electron chi connectivity index (χ3n) is 4.48. The molecule has 6 heteroatoms. The second-order valence-electron chi connectivity index (χ2n) is 6.04. The van der Waals surface area contributed by atoms with Gasteiger partial charge >= 0.3 is 0 Å². The SMILES string of the molecule is N=NC(=N)c1ccc2c(c1)c1ccccc1n2Cc1ccc(Cl)c(Cl)c1. The fourth-order valence-corrected chi connectivity index (χ4v) is 3.58. The minimum atomic E-state index is -0.0479. The lowest BCUT2D eigenvalue weighted by atomic mass is 10.1. The molecule has 0 unspecified atom stereocenters. The van der Waals surface area contributed by atoms with E-state index in [-0.39, 0.29) is 5.84 Å². The molecule has 4 aromatic rings. The van der Waals surface area contributed by atoms with Crippen molar-refractivity contribution in [2.24, 2.45) is 5.11 Å². The van der Waals surface area contributed by atoms with E-state index in [4.69, 9.17) is 34.1 Å². The van der Waals surface area contributed by atoms with E-state index in [9.17, 15) is 0 Å². The quantitative estimate of drug-likeness (QED) is 0.231. The number of amidine groups is 1. The molecule has 1 heterocycles. The van der Waals surface area contributed by atoms with Crippen LogP contribution in [0.2, 0.25) is 10.0 Å². The highest BCUT2D eigenvalue weighted by Gasteiger charge is 2.13. The van der Waals surface area contributed by atoms with Crippen LogP contribution in [-0.4, -0.2) is 10.4 Å². The Bertz CT molecular complexity index is 1180. The van der Waals surface area contributed by atoms with Crippen LogP contribution < -0.4 is 0 Å². The molecule has 0 saturated carbocycles. The summed E-state index contributed by atoms with van der Waals surface area (Å²) in [6.07, 6.45) is 0. The molecule has 0 aliphatic rings. The highest BCUT2D eigenvalue weighted by molar-refractivity contribution is 6.42. The number of fused-ring (bicyclic) bond motifs is 3. The van der Waals surface area contributed by atoms with Crippen molar-refractivity contribution in [1.29, 1.82) is 10.9 Å². The van der Waals surface area contributed by atoms with Gasteiger partial charge in [0.2, 0.25) is 0 Å². The van der Waals surface area contributed by atoms with Gasteiger partial charge in [-0.05, 0) is 42.0 Å². The largest absolute Gasteiger partial charge is 0.336 e. The van der Waals surface area contributed by atoms with Gasteiger partial charge < -0.3 is 4.57 Å². The Balaban J connectivity index is 1.93. The van der Waals surface area contributed by atoms with E-state index in [1.807, 2.05) is 48.5 Å². The molecule has 0 radical (unpaired) electrons. The van der Waals surface area contributed by atoms with Gasteiger partial charge in [-0.15, -0.1) is 5.11 Å². The molecule has 0 atom stereocenters. The molecule has 2 N–H and O–H groups in total. The van der Waals surface area contributed by atoms with E-state index in [0.29, 0.717) is 22.2 Å². The molecule has 1 aromatic heterocycles. The summed E-state index contributed by atoms with van der Waals surface area (Å²) >= 11 is 12.2. The van der Waals surface area contributed by atoms with E-state index in [1.165, 1.54) is 0 Å². The minimum Gasteiger partial charge on any atom is -0.336 e. The Morgan fingerprint density at radius 3 is 2.42 bits per heavy atom. The summed E-state index contributed by atoms with van der Waals surface area (Å²) in [5, 5.41) is 14.3. The first kappa shape index (κ1) is 16.8. The Morgan fingerprint density at radius 1 is 0.885 bits per heavy atom. The molecule has 0 bridgehead atoms. The Labute approximate surface area is 160 Å². The zero-order valence-electron chi connectivity index (χ0n) is 13.6. The standard InChI is InChI=1S/C20H14Cl2N4/c21-16-7-5-12(9-17(16)22)11-26-18-4-2-1-3-14(18)15-10-13(20(23)25-24)6-8-19(15)26/h1-10,23-24H,11H2. The zero-order chi connectivity index (χ0) is 18.3. The predicted octanol–water partition coefficient (Wildman–Crippen LogP) is 6.51. The van der Waals surface area contributed by atoms with Crippen molar-refractivity contribution in [2.45, 2.75) is 6.54 Å². The molecule has 0 saturated heterocycles. The molecule has 128 valence electrons. The first-order valence-electron chi connectivity index (χ1n) is 8.00. The number of para-hydroxylation sites is 1. The maximum absolute atomic E-state index is 7.80. The molecule has 0 amide bonds. The minimum absolute atomic E-state index is 0.0479. The number of benzene rings is 3. The molecule has 4 nitrogen and oxygen atoms in total. The Kier molecular flexibility index (Phi) is 4.23. The average Bonchev–Trinajstić information content (AvgIpc) is 2.97. The number of rotatable bonds is 3. The Morgan fingerprint density at radius 2 is 1.65 bits per heavy atom. The number of halogens is 2. The average molecular weight is 381 g/mol. The van der Waals surface area contributed by atoms with Crippen molar-refractivity contribution in [3.8, 4) is 0 Å². The number of hydrogen-bond donors (Lipinski definition) is 2. The van der Waals surface area contributed by atoms with Crippen LogP contribution in [0.3, 0.4) is 0 Å². The molecule has 0 fully saturated rings. The van der Waals surface area contributed by atoms with Crippen LogP contribution in [0.4, 0.5) is 0 Å². The van der Waals surface area contributed by atoms with Gasteiger partial charge in [-0.25, -0.2) is 5.53 Å². The fourth-order valence-electron chi connectivity index (χ4n) is 3.26. The van der Waals surface area contributed by atoms with Crippen LogP contribution in [0.5, 0.6) is 0 Å². The monoisotopic (exact) mass is 380 g/mol. The van der Waals surface area contributed by atoms with E-state index in [2.05, 4.69) is 21.8 Å². The summed E-state index contributed by atoms with van der Waals surface area (Å²) in [5.41, 5.74) is 10.9. The molecule has 0 spiro atoms. The summed E-state index contributed by atoms with van der Waals surface area (Å²) in [7, 11) is 0.